The average molecular weight is 281 g/mol. The van der Waals surface area contributed by atoms with Crippen LogP contribution in [0.25, 0.3) is 10.9 Å². The van der Waals surface area contributed by atoms with Gasteiger partial charge in [0.2, 0.25) is 0 Å². The Morgan fingerprint density at radius 2 is 1.95 bits per heavy atom. The highest BCUT2D eigenvalue weighted by Gasteiger charge is 2.11. The van der Waals surface area contributed by atoms with E-state index in [1.165, 1.54) is 18.2 Å². The van der Waals surface area contributed by atoms with E-state index in [1.54, 1.807) is 12.3 Å². The van der Waals surface area contributed by atoms with Crippen LogP contribution in [0.5, 0.6) is 11.5 Å². The second-order valence-corrected chi connectivity index (χ2v) is 4.48. The largest absolute Gasteiger partial charge is 0.456 e. The highest BCUT2D eigenvalue weighted by atomic mass is 19.1. The number of halogens is 1. The van der Waals surface area contributed by atoms with E-state index in [2.05, 4.69) is 4.98 Å². The van der Waals surface area contributed by atoms with Crippen LogP contribution in [0, 0.1) is 11.2 Å². The monoisotopic (exact) mass is 281 g/mol. The summed E-state index contributed by atoms with van der Waals surface area (Å²) in [5.74, 6) is 0.199. The van der Waals surface area contributed by atoms with Gasteiger partial charge in [0.05, 0.1) is 11.1 Å². The number of rotatable bonds is 3. The summed E-state index contributed by atoms with van der Waals surface area (Å²) in [5, 5.41) is 8.35. The predicted octanol–water partition coefficient (Wildman–Crippen LogP) is 3.45. The molecule has 0 bridgehead atoms. The molecule has 1 heterocycles. The zero-order valence-electron chi connectivity index (χ0n) is 11.0. The molecule has 0 aliphatic heterocycles. The second-order valence-electron chi connectivity index (χ2n) is 4.48. The minimum atomic E-state index is -0.466. The molecule has 1 aromatic heterocycles. The zero-order chi connectivity index (χ0) is 14.8. The van der Waals surface area contributed by atoms with Gasteiger partial charge < -0.3 is 10.5 Å². The highest BCUT2D eigenvalue weighted by molar-refractivity contribution is 5.98. The maximum atomic E-state index is 13.3. The molecule has 5 heteroatoms. The van der Waals surface area contributed by atoms with Crippen molar-refractivity contribution in [2.45, 2.75) is 0 Å². The van der Waals surface area contributed by atoms with Crippen LogP contribution in [0.4, 0.5) is 4.39 Å². The van der Waals surface area contributed by atoms with Crippen LogP contribution in [0.2, 0.25) is 0 Å². The summed E-state index contributed by atoms with van der Waals surface area (Å²) in [7, 11) is 0. The van der Waals surface area contributed by atoms with E-state index in [1.807, 2.05) is 24.3 Å². The summed E-state index contributed by atoms with van der Waals surface area (Å²) < 4.78 is 19.1. The smallest absolute Gasteiger partial charge is 0.138 e. The molecule has 3 aromatic rings. The van der Waals surface area contributed by atoms with Crippen molar-refractivity contribution in [2.24, 2.45) is 5.73 Å². The molecule has 0 aliphatic carbocycles. The number of hydrogen-bond donors (Lipinski definition) is 2. The maximum Gasteiger partial charge on any atom is 0.138 e. The lowest BCUT2D eigenvalue weighted by atomic mass is 10.1. The number of nitrogens with zero attached hydrogens (tertiary/aromatic N) is 1. The van der Waals surface area contributed by atoms with Crippen molar-refractivity contribution in [2.75, 3.05) is 0 Å². The van der Waals surface area contributed by atoms with Gasteiger partial charge >= 0.3 is 0 Å². The fraction of sp³-hybridized carbons (Fsp3) is 0. The van der Waals surface area contributed by atoms with Gasteiger partial charge in [0.15, 0.2) is 0 Å². The third-order valence-corrected chi connectivity index (χ3v) is 3.06. The standard InChI is InChI=1S/C16H12FN3O/c17-10-6-7-15(12(9-10)16(18)19)21-14-5-1-4-13-11(14)3-2-8-20-13/h1-9H,(H3,18,19). The number of nitrogens with two attached hydrogens (primary N) is 1. The van der Waals surface area contributed by atoms with Crippen molar-refractivity contribution < 1.29 is 9.13 Å². The van der Waals surface area contributed by atoms with E-state index in [9.17, 15) is 4.39 Å². The third-order valence-electron chi connectivity index (χ3n) is 3.06. The number of pyridine rings is 1. The van der Waals surface area contributed by atoms with Gasteiger partial charge in [0.1, 0.15) is 23.2 Å². The summed E-state index contributed by atoms with van der Waals surface area (Å²) in [4.78, 5) is 4.25. The van der Waals surface area contributed by atoms with E-state index in [4.69, 9.17) is 15.9 Å². The minimum absolute atomic E-state index is 0.218. The molecule has 0 unspecified atom stereocenters. The topological polar surface area (TPSA) is 72.0 Å². The van der Waals surface area contributed by atoms with Crippen LogP contribution in [0.15, 0.2) is 54.7 Å². The first-order valence-electron chi connectivity index (χ1n) is 6.31. The van der Waals surface area contributed by atoms with E-state index in [0.29, 0.717) is 11.5 Å². The van der Waals surface area contributed by atoms with Gasteiger partial charge in [-0.2, -0.15) is 0 Å². The molecule has 0 atom stereocenters. The Morgan fingerprint density at radius 3 is 2.76 bits per heavy atom. The van der Waals surface area contributed by atoms with Crippen LogP contribution in [0.3, 0.4) is 0 Å². The number of hydrogen-bond acceptors (Lipinski definition) is 3. The van der Waals surface area contributed by atoms with Gasteiger partial charge in [0, 0.05) is 11.6 Å². The molecule has 3 rings (SSSR count). The zero-order valence-corrected chi connectivity index (χ0v) is 11.0. The Labute approximate surface area is 120 Å². The van der Waals surface area contributed by atoms with E-state index in [0.717, 1.165) is 10.9 Å². The Kier molecular flexibility index (Phi) is 3.23. The van der Waals surface area contributed by atoms with Gasteiger partial charge in [-0.15, -0.1) is 0 Å². The van der Waals surface area contributed by atoms with Crippen molar-refractivity contribution in [3.8, 4) is 11.5 Å². The molecule has 0 fully saturated rings. The molecule has 2 aromatic carbocycles. The highest BCUT2D eigenvalue weighted by Crippen LogP contribution is 2.31. The van der Waals surface area contributed by atoms with Gasteiger partial charge in [-0.05, 0) is 42.5 Å². The quantitative estimate of drug-likeness (QED) is 0.570. The third kappa shape index (κ3) is 2.53. The van der Waals surface area contributed by atoms with Crippen LogP contribution in [-0.4, -0.2) is 10.8 Å². The minimum Gasteiger partial charge on any atom is -0.456 e. The number of amidine groups is 1. The van der Waals surface area contributed by atoms with E-state index >= 15 is 0 Å². The first-order chi connectivity index (χ1) is 10.1. The predicted molar refractivity (Wildman–Crippen MR) is 79.2 cm³/mol. The van der Waals surface area contributed by atoms with Gasteiger partial charge in [0.25, 0.3) is 0 Å². The molecule has 0 spiro atoms. The number of nitrogens with one attached hydrogen (secondary N) is 1. The first-order valence-corrected chi connectivity index (χ1v) is 6.31. The lowest BCUT2D eigenvalue weighted by Crippen LogP contribution is -2.12. The molecule has 0 amide bonds. The second kappa shape index (κ2) is 5.20. The van der Waals surface area contributed by atoms with Gasteiger partial charge in [-0.3, -0.25) is 10.4 Å². The molecule has 104 valence electrons. The summed E-state index contributed by atoms with van der Waals surface area (Å²) in [6.07, 6.45) is 1.70. The Balaban J connectivity index is 2.09. The SMILES string of the molecule is N=C(N)c1cc(F)ccc1Oc1cccc2ncccc12. The lowest BCUT2D eigenvalue weighted by molar-refractivity contribution is 0.484. The molecule has 0 aliphatic rings. The van der Waals surface area contributed by atoms with E-state index in [-0.39, 0.29) is 11.4 Å². The van der Waals surface area contributed by atoms with Crippen molar-refractivity contribution in [1.82, 2.24) is 4.98 Å². The molecule has 0 radical (unpaired) electrons. The maximum absolute atomic E-state index is 13.3. The summed E-state index contributed by atoms with van der Waals surface area (Å²) >= 11 is 0. The van der Waals surface area contributed by atoms with Crippen molar-refractivity contribution >= 4 is 16.7 Å². The van der Waals surface area contributed by atoms with Crippen LogP contribution in [0.1, 0.15) is 5.56 Å². The molecule has 4 nitrogen and oxygen atoms in total. The number of nitrogen functional groups attached to an aromatic ring is 1. The van der Waals surface area contributed by atoms with Crippen molar-refractivity contribution in [1.29, 1.82) is 5.41 Å². The van der Waals surface area contributed by atoms with Crippen LogP contribution in [-0.2, 0) is 0 Å². The molecule has 21 heavy (non-hydrogen) atoms. The Bertz CT molecular complexity index is 827. The van der Waals surface area contributed by atoms with Crippen LogP contribution >= 0.6 is 0 Å². The summed E-state index contributed by atoms with van der Waals surface area (Å²) in [5.41, 5.74) is 6.49. The lowest BCUT2D eigenvalue weighted by Gasteiger charge is -2.12. The molecular weight excluding hydrogens is 269 g/mol. The van der Waals surface area contributed by atoms with Crippen molar-refractivity contribution in [3.05, 3.63) is 66.1 Å². The fourth-order valence-electron chi connectivity index (χ4n) is 2.08. The molecular formula is C16H12FN3O. The normalized spacial score (nSPS) is 10.5. The molecule has 0 saturated carbocycles. The van der Waals surface area contributed by atoms with Gasteiger partial charge in [-0.1, -0.05) is 6.07 Å². The fourth-order valence-corrected chi connectivity index (χ4v) is 2.08. The van der Waals surface area contributed by atoms with E-state index < -0.39 is 5.82 Å². The number of benzene rings is 2. The number of ether oxygens (including phenoxy) is 1. The van der Waals surface area contributed by atoms with Crippen molar-refractivity contribution in [3.63, 3.8) is 0 Å². The summed E-state index contributed by atoms with van der Waals surface area (Å²) in [6, 6.07) is 13.1. The number of fused-ring (bicyclic) bond motifs is 1. The first kappa shape index (κ1) is 13.1. The summed E-state index contributed by atoms with van der Waals surface area (Å²) in [6.45, 7) is 0. The number of aromatic nitrogens is 1. The molecule has 3 N–H and O–H groups in total. The van der Waals surface area contributed by atoms with Gasteiger partial charge in [-0.25, -0.2) is 4.39 Å². The van der Waals surface area contributed by atoms with Crippen LogP contribution < -0.4 is 10.5 Å². The Morgan fingerprint density at radius 1 is 1.10 bits per heavy atom. The average Bonchev–Trinajstić information content (AvgIpc) is 2.49. The Hall–Kier alpha value is -2.95. The molecule has 0 saturated heterocycles.